The molecule has 1 aliphatic heterocycles. The zero-order chi connectivity index (χ0) is 25.0. The first kappa shape index (κ1) is 23.7. The van der Waals surface area contributed by atoms with Crippen LogP contribution in [0.4, 0.5) is 9.18 Å². The van der Waals surface area contributed by atoms with Crippen molar-refractivity contribution in [1.82, 2.24) is 25.6 Å². The summed E-state index contributed by atoms with van der Waals surface area (Å²) in [4.78, 5) is 24.6. The monoisotopic (exact) mass is 487 g/mol. The number of H-pyrrole nitrogens is 1. The summed E-state index contributed by atoms with van der Waals surface area (Å²) in [7, 11) is 0. The van der Waals surface area contributed by atoms with Crippen LogP contribution in [0.15, 0.2) is 79.1 Å². The predicted octanol–water partition coefficient (Wildman–Crippen LogP) is 4.58. The summed E-state index contributed by atoms with van der Waals surface area (Å²) in [6.07, 6.45) is 2.64. The third-order valence-electron chi connectivity index (χ3n) is 5.85. The van der Waals surface area contributed by atoms with E-state index < -0.39 is 11.8 Å². The minimum Gasteiger partial charge on any atom is -0.343 e. The Balaban J connectivity index is 1.28. The number of aromatic amines is 1. The SMILES string of the molecule is CC1(NC(=O)NCc2ccccc2)COC(c2nc(-c3ccc(F)cc3)c(-c3ccncc3)[nH]2)OC1. The quantitative estimate of drug-likeness (QED) is 0.370. The highest BCUT2D eigenvalue weighted by Gasteiger charge is 2.36. The first-order valence-electron chi connectivity index (χ1n) is 11.6. The summed E-state index contributed by atoms with van der Waals surface area (Å²) in [6.45, 7) is 2.74. The largest absolute Gasteiger partial charge is 0.343 e. The predicted molar refractivity (Wildman–Crippen MR) is 132 cm³/mol. The number of ether oxygens (including phenoxy) is 2. The van der Waals surface area contributed by atoms with Crippen molar-refractivity contribution in [2.24, 2.45) is 0 Å². The number of nitrogens with zero attached hydrogens (tertiary/aromatic N) is 2. The summed E-state index contributed by atoms with van der Waals surface area (Å²) in [5.74, 6) is 0.162. The second kappa shape index (κ2) is 10.3. The van der Waals surface area contributed by atoms with E-state index in [4.69, 9.17) is 14.5 Å². The van der Waals surface area contributed by atoms with Crippen molar-refractivity contribution in [1.29, 1.82) is 0 Å². The van der Waals surface area contributed by atoms with Crippen LogP contribution in [0.5, 0.6) is 0 Å². The molecule has 1 fully saturated rings. The molecule has 0 spiro atoms. The van der Waals surface area contributed by atoms with Gasteiger partial charge in [0, 0.05) is 30.1 Å². The molecule has 2 amide bonds. The van der Waals surface area contributed by atoms with Gasteiger partial charge in [0.05, 0.1) is 30.1 Å². The number of hydrogen-bond donors (Lipinski definition) is 3. The Morgan fingerprint density at radius 3 is 2.42 bits per heavy atom. The number of benzene rings is 2. The lowest BCUT2D eigenvalue weighted by molar-refractivity contribution is -0.215. The number of hydrogen-bond acceptors (Lipinski definition) is 5. The Hall–Kier alpha value is -4.08. The molecule has 3 N–H and O–H groups in total. The Kier molecular flexibility index (Phi) is 6.75. The summed E-state index contributed by atoms with van der Waals surface area (Å²) in [5, 5.41) is 5.79. The van der Waals surface area contributed by atoms with Crippen LogP contribution >= 0.6 is 0 Å². The summed E-state index contributed by atoms with van der Waals surface area (Å²) < 4.78 is 25.5. The maximum Gasteiger partial charge on any atom is 0.315 e. The number of rotatable bonds is 6. The number of nitrogens with one attached hydrogen (secondary N) is 3. The molecule has 1 aliphatic rings. The van der Waals surface area contributed by atoms with Crippen molar-refractivity contribution in [3.63, 3.8) is 0 Å². The summed E-state index contributed by atoms with van der Waals surface area (Å²) in [6, 6.07) is 19.3. The molecule has 9 heteroatoms. The lowest BCUT2D eigenvalue weighted by atomic mass is 10.0. The number of urea groups is 1. The number of carbonyl (C=O) groups is 1. The fourth-order valence-electron chi connectivity index (χ4n) is 3.98. The van der Waals surface area contributed by atoms with E-state index in [9.17, 15) is 9.18 Å². The highest BCUT2D eigenvalue weighted by molar-refractivity contribution is 5.78. The molecule has 3 heterocycles. The average Bonchev–Trinajstić information content (AvgIpc) is 3.35. The van der Waals surface area contributed by atoms with Crippen LogP contribution in [0.2, 0.25) is 0 Å². The fourth-order valence-corrected chi connectivity index (χ4v) is 3.98. The van der Waals surface area contributed by atoms with E-state index in [0.717, 1.165) is 22.4 Å². The first-order chi connectivity index (χ1) is 17.5. The average molecular weight is 488 g/mol. The van der Waals surface area contributed by atoms with Crippen molar-refractivity contribution in [2.45, 2.75) is 25.3 Å². The second-order valence-corrected chi connectivity index (χ2v) is 8.90. The van der Waals surface area contributed by atoms with Crippen LogP contribution in [-0.4, -0.2) is 39.7 Å². The van der Waals surface area contributed by atoms with E-state index in [1.165, 1.54) is 12.1 Å². The molecule has 2 aromatic heterocycles. The van der Waals surface area contributed by atoms with Crippen molar-refractivity contribution < 1.29 is 18.7 Å². The molecular formula is C27H26FN5O3. The number of amides is 2. The molecule has 184 valence electrons. The molecular weight excluding hydrogens is 461 g/mol. The molecule has 0 aliphatic carbocycles. The molecule has 0 radical (unpaired) electrons. The van der Waals surface area contributed by atoms with Gasteiger partial charge in [0.25, 0.3) is 0 Å². The highest BCUT2D eigenvalue weighted by atomic mass is 19.1. The minimum atomic E-state index is -0.748. The maximum absolute atomic E-state index is 13.5. The Labute approximate surface area is 207 Å². The van der Waals surface area contributed by atoms with Gasteiger partial charge in [-0.3, -0.25) is 4.98 Å². The normalized spacial score (nSPS) is 19.6. The molecule has 4 aromatic rings. The molecule has 2 aromatic carbocycles. The van der Waals surface area contributed by atoms with Crippen molar-refractivity contribution >= 4 is 6.03 Å². The Bertz CT molecular complexity index is 1300. The maximum atomic E-state index is 13.5. The van der Waals surface area contributed by atoms with Crippen LogP contribution in [0.25, 0.3) is 22.5 Å². The van der Waals surface area contributed by atoms with Crippen LogP contribution in [-0.2, 0) is 16.0 Å². The third kappa shape index (κ3) is 5.42. The zero-order valence-corrected chi connectivity index (χ0v) is 19.7. The summed E-state index contributed by atoms with van der Waals surface area (Å²) in [5.41, 5.74) is 3.32. The van der Waals surface area contributed by atoms with Gasteiger partial charge in [-0.15, -0.1) is 0 Å². The standard InChI is InChI=1S/C27H26FN5O3/c1-27(33-26(34)30-15-18-5-3-2-4-6-18)16-35-25(36-17-27)24-31-22(19-7-9-21(28)10-8-19)23(32-24)20-11-13-29-14-12-20/h2-14,25H,15-17H2,1H3,(H,31,32)(H2,30,33,34). The molecule has 8 nitrogen and oxygen atoms in total. The van der Waals surface area contributed by atoms with Crippen LogP contribution in [0.1, 0.15) is 24.6 Å². The van der Waals surface area contributed by atoms with E-state index in [2.05, 4.69) is 20.6 Å². The lowest BCUT2D eigenvalue weighted by Gasteiger charge is -2.37. The number of halogens is 1. The molecule has 0 saturated carbocycles. The van der Waals surface area contributed by atoms with E-state index >= 15 is 0 Å². The van der Waals surface area contributed by atoms with Gasteiger partial charge in [-0.25, -0.2) is 14.2 Å². The molecule has 1 saturated heterocycles. The van der Waals surface area contributed by atoms with Crippen LogP contribution < -0.4 is 10.6 Å². The Morgan fingerprint density at radius 2 is 1.72 bits per heavy atom. The molecule has 36 heavy (non-hydrogen) atoms. The first-order valence-corrected chi connectivity index (χ1v) is 11.6. The van der Waals surface area contributed by atoms with Crippen molar-refractivity contribution in [3.8, 4) is 22.5 Å². The van der Waals surface area contributed by atoms with Crippen LogP contribution in [0, 0.1) is 5.82 Å². The van der Waals surface area contributed by atoms with Gasteiger partial charge in [0.15, 0.2) is 5.82 Å². The number of pyridine rings is 1. The minimum absolute atomic E-state index is 0.230. The van der Waals surface area contributed by atoms with E-state index in [1.54, 1.807) is 24.5 Å². The lowest BCUT2D eigenvalue weighted by Crippen LogP contribution is -2.58. The van der Waals surface area contributed by atoms with Gasteiger partial charge in [0.2, 0.25) is 6.29 Å². The smallest absolute Gasteiger partial charge is 0.315 e. The second-order valence-electron chi connectivity index (χ2n) is 8.90. The fraction of sp³-hybridized carbons (Fsp3) is 0.222. The van der Waals surface area contributed by atoms with Gasteiger partial charge in [-0.05, 0) is 48.9 Å². The van der Waals surface area contributed by atoms with Gasteiger partial charge in [-0.2, -0.15) is 0 Å². The van der Waals surface area contributed by atoms with Gasteiger partial charge in [-0.1, -0.05) is 30.3 Å². The van der Waals surface area contributed by atoms with Crippen molar-refractivity contribution in [3.05, 3.63) is 96.3 Å². The summed E-state index contributed by atoms with van der Waals surface area (Å²) >= 11 is 0. The third-order valence-corrected chi connectivity index (χ3v) is 5.85. The highest BCUT2D eigenvalue weighted by Crippen LogP contribution is 2.34. The van der Waals surface area contributed by atoms with E-state index in [0.29, 0.717) is 18.1 Å². The molecule has 0 bridgehead atoms. The molecule has 0 atom stereocenters. The van der Waals surface area contributed by atoms with E-state index in [-0.39, 0.29) is 25.1 Å². The number of imidazole rings is 1. The van der Waals surface area contributed by atoms with Gasteiger partial charge in [0.1, 0.15) is 5.82 Å². The topological polar surface area (TPSA) is 101 Å². The zero-order valence-electron chi connectivity index (χ0n) is 19.7. The van der Waals surface area contributed by atoms with Gasteiger partial charge < -0.3 is 25.1 Å². The van der Waals surface area contributed by atoms with E-state index in [1.807, 2.05) is 49.4 Å². The Morgan fingerprint density at radius 1 is 1.03 bits per heavy atom. The van der Waals surface area contributed by atoms with Gasteiger partial charge >= 0.3 is 6.03 Å². The molecule has 0 unspecified atom stereocenters. The number of aromatic nitrogens is 3. The number of carbonyl (C=O) groups excluding carboxylic acids is 1. The van der Waals surface area contributed by atoms with Crippen molar-refractivity contribution in [2.75, 3.05) is 13.2 Å². The van der Waals surface area contributed by atoms with Crippen LogP contribution in [0.3, 0.4) is 0 Å². The molecule has 5 rings (SSSR count).